The van der Waals surface area contributed by atoms with Crippen LogP contribution in [0.3, 0.4) is 0 Å². The number of aromatic nitrogens is 1. The molecule has 2 rings (SSSR count). The van der Waals surface area contributed by atoms with Crippen LogP contribution >= 0.6 is 0 Å². The van der Waals surface area contributed by atoms with Crippen molar-refractivity contribution in [3.8, 4) is 11.5 Å². The molecule has 1 atom stereocenters. The zero-order valence-corrected chi connectivity index (χ0v) is 11.7. The molecule has 0 saturated heterocycles. The zero-order chi connectivity index (χ0) is 15.2. The largest absolute Gasteiger partial charge is 0.444 e. The summed E-state index contributed by atoms with van der Waals surface area (Å²) >= 11 is 0. The van der Waals surface area contributed by atoms with Gasteiger partial charge in [-0.25, -0.2) is 9.37 Å². The van der Waals surface area contributed by atoms with Crippen LogP contribution in [0.2, 0.25) is 0 Å². The Labute approximate surface area is 121 Å². The zero-order valence-electron chi connectivity index (χ0n) is 11.7. The van der Waals surface area contributed by atoms with E-state index in [0.717, 1.165) is 0 Å². The number of hydrogen-bond acceptors (Lipinski definition) is 4. The first-order chi connectivity index (χ1) is 10.1. The molecule has 0 fully saturated rings. The van der Waals surface area contributed by atoms with Crippen molar-refractivity contribution in [1.82, 2.24) is 10.3 Å². The number of halogens is 1. The molecule has 2 N–H and O–H groups in total. The number of nitrogens with one attached hydrogen (secondary N) is 1. The average Bonchev–Trinajstić information content (AvgIpc) is 2.88. The number of hydrogen-bond donors (Lipinski definition) is 2. The molecule has 0 aliphatic heterocycles. The highest BCUT2D eigenvalue weighted by Gasteiger charge is 2.12. The average molecular weight is 292 g/mol. The molecule has 1 aromatic heterocycles. The van der Waals surface area contributed by atoms with E-state index in [-0.39, 0.29) is 30.8 Å². The summed E-state index contributed by atoms with van der Waals surface area (Å²) in [5.41, 5.74) is 1.15. The minimum Gasteiger partial charge on any atom is -0.444 e. The first kappa shape index (κ1) is 15.2. The number of benzene rings is 1. The highest BCUT2D eigenvalue weighted by molar-refractivity contribution is 5.78. The monoisotopic (exact) mass is 292 g/mol. The van der Waals surface area contributed by atoms with E-state index in [4.69, 9.17) is 9.52 Å². The third-order valence-electron chi connectivity index (χ3n) is 2.95. The van der Waals surface area contributed by atoms with Crippen molar-refractivity contribution in [1.29, 1.82) is 0 Å². The standard InChI is InChI=1S/C15H17FN2O3/c1-10(6-7-19)17-14(20)8-13-9-21-15(18-13)11-2-4-12(16)5-3-11/h2-5,9-10,19H,6-8H2,1H3,(H,17,20). The smallest absolute Gasteiger partial charge is 0.226 e. The van der Waals surface area contributed by atoms with Crippen molar-refractivity contribution in [3.05, 3.63) is 42.0 Å². The lowest BCUT2D eigenvalue weighted by Gasteiger charge is -2.11. The van der Waals surface area contributed by atoms with Gasteiger partial charge in [0, 0.05) is 18.2 Å². The summed E-state index contributed by atoms with van der Waals surface area (Å²) in [6, 6.07) is 5.68. The summed E-state index contributed by atoms with van der Waals surface area (Å²) in [6.45, 7) is 1.85. The fraction of sp³-hybridized carbons (Fsp3) is 0.333. The van der Waals surface area contributed by atoms with Crippen LogP contribution < -0.4 is 5.32 Å². The quantitative estimate of drug-likeness (QED) is 0.853. The summed E-state index contributed by atoms with van der Waals surface area (Å²) in [5, 5.41) is 11.5. The normalized spacial score (nSPS) is 12.1. The van der Waals surface area contributed by atoms with Crippen molar-refractivity contribution in [2.45, 2.75) is 25.8 Å². The Hall–Kier alpha value is -2.21. The van der Waals surface area contributed by atoms with Gasteiger partial charge >= 0.3 is 0 Å². The molecule has 2 aromatic rings. The number of aliphatic hydroxyl groups excluding tert-OH is 1. The molecule has 6 heteroatoms. The molecule has 0 saturated carbocycles. The second kappa shape index (κ2) is 6.99. The SMILES string of the molecule is CC(CCO)NC(=O)Cc1coc(-c2ccc(F)cc2)n1. The number of carbonyl (C=O) groups excluding carboxylic acids is 1. The summed E-state index contributed by atoms with van der Waals surface area (Å²) in [5.74, 6) is -0.168. The Kier molecular flexibility index (Phi) is 5.05. The van der Waals surface area contributed by atoms with E-state index in [2.05, 4.69) is 10.3 Å². The van der Waals surface area contributed by atoms with Gasteiger partial charge in [-0.15, -0.1) is 0 Å². The van der Waals surface area contributed by atoms with Crippen LogP contribution in [0.15, 0.2) is 34.9 Å². The van der Waals surface area contributed by atoms with Crippen molar-refractivity contribution >= 4 is 5.91 Å². The minimum atomic E-state index is -0.331. The molecule has 0 aliphatic rings. The molecule has 0 spiro atoms. The highest BCUT2D eigenvalue weighted by Crippen LogP contribution is 2.19. The van der Waals surface area contributed by atoms with Crippen molar-refractivity contribution < 1.29 is 18.7 Å². The highest BCUT2D eigenvalue weighted by atomic mass is 19.1. The Morgan fingerprint density at radius 1 is 1.43 bits per heavy atom. The van der Waals surface area contributed by atoms with Gasteiger partial charge in [-0.05, 0) is 37.6 Å². The molecular formula is C15H17FN2O3. The number of nitrogens with zero attached hydrogens (tertiary/aromatic N) is 1. The maximum absolute atomic E-state index is 12.8. The van der Waals surface area contributed by atoms with E-state index in [1.54, 1.807) is 12.1 Å². The molecule has 0 aliphatic carbocycles. The molecule has 1 amide bonds. The van der Waals surface area contributed by atoms with Crippen LogP contribution in [-0.2, 0) is 11.2 Å². The van der Waals surface area contributed by atoms with Gasteiger partial charge < -0.3 is 14.8 Å². The molecular weight excluding hydrogens is 275 g/mol. The second-order valence-electron chi connectivity index (χ2n) is 4.81. The van der Waals surface area contributed by atoms with Gasteiger partial charge in [-0.2, -0.15) is 0 Å². The van der Waals surface area contributed by atoms with Gasteiger partial charge in [0.25, 0.3) is 0 Å². The summed E-state index contributed by atoms with van der Waals surface area (Å²) in [7, 11) is 0. The van der Waals surface area contributed by atoms with E-state index in [1.807, 2.05) is 6.92 Å². The van der Waals surface area contributed by atoms with E-state index in [0.29, 0.717) is 23.6 Å². The van der Waals surface area contributed by atoms with Crippen LogP contribution in [0, 0.1) is 5.82 Å². The van der Waals surface area contributed by atoms with Gasteiger partial charge in [0.2, 0.25) is 11.8 Å². The molecule has 1 aromatic carbocycles. The molecule has 1 heterocycles. The Bertz CT molecular complexity index is 595. The first-order valence-corrected chi connectivity index (χ1v) is 6.69. The Balaban J connectivity index is 1.97. The maximum Gasteiger partial charge on any atom is 0.226 e. The summed E-state index contributed by atoms with van der Waals surface area (Å²) < 4.78 is 18.1. The molecule has 21 heavy (non-hydrogen) atoms. The number of aliphatic hydroxyl groups is 1. The summed E-state index contributed by atoms with van der Waals surface area (Å²) in [4.78, 5) is 16.0. The lowest BCUT2D eigenvalue weighted by Crippen LogP contribution is -2.34. The van der Waals surface area contributed by atoms with E-state index in [9.17, 15) is 9.18 Å². The van der Waals surface area contributed by atoms with E-state index < -0.39 is 0 Å². The maximum atomic E-state index is 12.8. The lowest BCUT2D eigenvalue weighted by atomic mass is 10.2. The third-order valence-corrected chi connectivity index (χ3v) is 2.95. The predicted molar refractivity (Wildman–Crippen MR) is 74.9 cm³/mol. The molecule has 5 nitrogen and oxygen atoms in total. The van der Waals surface area contributed by atoms with E-state index >= 15 is 0 Å². The number of oxazole rings is 1. The predicted octanol–water partition coefficient (Wildman–Crippen LogP) is 1.91. The molecule has 0 radical (unpaired) electrons. The summed E-state index contributed by atoms with van der Waals surface area (Å²) in [6.07, 6.45) is 2.01. The first-order valence-electron chi connectivity index (χ1n) is 6.69. The fourth-order valence-electron chi connectivity index (χ4n) is 1.87. The van der Waals surface area contributed by atoms with Gasteiger partial charge in [0.05, 0.1) is 12.1 Å². The van der Waals surface area contributed by atoms with E-state index in [1.165, 1.54) is 18.4 Å². The molecule has 112 valence electrons. The van der Waals surface area contributed by atoms with Crippen LogP contribution in [0.1, 0.15) is 19.0 Å². The van der Waals surface area contributed by atoms with Crippen molar-refractivity contribution in [2.24, 2.45) is 0 Å². The number of carbonyl (C=O) groups is 1. The number of amides is 1. The Morgan fingerprint density at radius 3 is 2.81 bits per heavy atom. The van der Waals surface area contributed by atoms with Gasteiger partial charge in [0.1, 0.15) is 12.1 Å². The Morgan fingerprint density at radius 2 is 2.14 bits per heavy atom. The molecule has 0 bridgehead atoms. The van der Waals surface area contributed by atoms with Crippen LogP contribution in [-0.4, -0.2) is 28.6 Å². The van der Waals surface area contributed by atoms with Crippen molar-refractivity contribution in [2.75, 3.05) is 6.61 Å². The lowest BCUT2D eigenvalue weighted by molar-refractivity contribution is -0.121. The molecule has 1 unspecified atom stereocenters. The minimum absolute atomic E-state index is 0.0279. The van der Waals surface area contributed by atoms with Crippen molar-refractivity contribution in [3.63, 3.8) is 0 Å². The van der Waals surface area contributed by atoms with Gasteiger partial charge in [0.15, 0.2) is 0 Å². The third kappa shape index (κ3) is 4.39. The van der Waals surface area contributed by atoms with Crippen LogP contribution in [0.25, 0.3) is 11.5 Å². The number of rotatable bonds is 6. The van der Waals surface area contributed by atoms with Crippen LogP contribution in [0.5, 0.6) is 0 Å². The fourth-order valence-corrected chi connectivity index (χ4v) is 1.87. The van der Waals surface area contributed by atoms with Gasteiger partial charge in [-0.1, -0.05) is 0 Å². The van der Waals surface area contributed by atoms with Gasteiger partial charge in [-0.3, -0.25) is 4.79 Å². The second-order valence-corrected chi connectivity index (χ2v) is 4.81. The topological polar surface area (TPSA) is 75.4 Å². The van der Waals surface area contributed by atoms with Crippen LogP contribution in [0.4, 0.5) is 4.39 Å².